The predicted molar refractivity (Wildman–Crippen MR) is 89.2 cm³/mol. The molecular formula is C13H27Cl2N5O. The van der Waals surface area contributed by atoms with Gasteiger partial charge in [-0.25, -0.2) is 0 Å². The fraction of sp³-hybridized carbons (Fsp3) is 0.846. The molecule has 0 aliphatic carbocycles. The summed E-state index contributed by atoms with van der Waals surface area (Å²) in [5, 5.41) is 10.9. The molecule has 0 unspecified atom stereocenters. The van der Waals surface area contributed by atoms with E-state index in [1.54, 1.807) is 0 Å². The van der Waals surface area contributed by atoms with Crippen molar-refractivity contribution in [3.63, 3.8) is 0 Å². The summed E-state index contributed by atoms with van der Waals surface area (Å²) in [4.78, 5) is 2.56. The van der Waals surface area contributed by atoms with Crippen LogP contribution in [-0.4, -0.2) is 41.3 Å². The topological polar surface area (TPSA) is 80.2 Å². The maximum absolute atomic E-state index is 5.43. The molecule has 0 bridgehead atoms. The second kappa shape index (κ2) is 10.2. The van der Waals surface area contributed by atoms with Crippen LogP contribution < -0.4 is 11.1 Å². The van der Waals surface area contributed by atoms with E-state index in [1.165, 1.54) is 32.5 Å². The minimum atomic E-state index is 0. The van der Waals surface area contributed by atoms with Crippen LogP contribution in [0.2, 0.25) is 0 Å². The van der Waals surface area contributed by atoms with Crippen LogP contribution in [0.4, 0.5) is 6.01 Å². The maximum Gasteiger partial charge on any atom is 0.315 e. The Morgan fingerprint density at radius 1 is 1.29 bits per heavy atom. The molecule has 0 aromatic carbocycles. The third kappa shape index (κ3) is 6.82. The van der Waals surface area contributed by atoms with Crippen molar-refractivity contribution >= 4 is 30.8 Å². The molecule has 0 radical (unpaired) electrons. The summed E-state index contributed by atoms with van der Waals surface area (Å²) >= 11 is 0. The van der Waals surface area contributed by atoms with E-state index in [0.717, 1.165) is 12.5 Å². The van der Waals surface area contributed by atoms with Crippen LogP contribution in [0, 0.1) is 11.8 Å². The molecule has 1 aromatic rings. The lowest BCUT2D eigenvalue weighted by Gasteiger charge is -2.32. The summed E-state index contributed by atoms with van der Waals surface area (Å²) in [5.74, 6) is 1.92. The number of nitrogens with one attached hydrogen (secondary N) is 1. The van der Waals surface area contributed by atoms with E-state index in [2.05, 4.69) is 34.3 Å². The standard InChI is InChI=1S/C13H25N5O.2ClH/c1-10(2)9-18-5-3-11(4-6-18)8-15-13-17-16-12(7-14)19-13;;/h10-11H,3-9,14H2,1-2H3,(H,15,17);2*1H. The van der Waals surface area contributed by atoms with Crippen molar-refractivity contribution in [2.75, 3.05) is 31.5 Å². The van der Waals surface area contributed by atoms with Crippen molar-refractivity contribution in [1.29, 1.82) is 0 Å². The van der Waals surface area contributed by atoms with E-state index in [9.17, 15) is 0 Å². The van der Waals surface area contributed by atoms with Gasteiger partial charge in [0.05, 0.1) is 6.54 Å². The van der Waals surface area contributed by atoms with Gasteiger partial charge in [0.15, 0.2) is 0 Å². The Bertz CT molecular complexity index is 380. The highest BCUT2D eigenvalue weighted by Crippen LogP contribution is 2.18. The first kappa shape index (κ1) is 20.4. The van der Waals surface area contributed by atoms with E-state index in [-0.39, 0.29) is 24.8 Å². The number of halogens is 2. The number of piperidine rings is 1. The highest BCUT2D eigenvalue weighted by Gasteiger charge is 2.19. The van der Waals surface area contributed by atoms with Gasteiger partial charge in [-0.05, 0) is 37.8 Å². The van der Waals surface area contributed by atoms with Crippen LogP contribution in [0.5, 0.6) is 0 Å². The summed E-state index contributed by atoms with van der Waals surface area (Å²) in [6.45, 7) is 9.36. The molecule has 6 nitrogen and oxygen atoms in total. The van der Waals surface area contributed by atoms with Crippen LogP contribution in [0.1, 0.15) is 32.6 Å². The van der Waals surface area contributed by atoms with Crippen LogP contribution in [0.25, 0.3) is 0 Å². The summed E-state index contributed by atoms with van der Waals surface area (Å²) in [6.07, 6.45) is 2.47. The second-order valence-corrected chi connectivity index (χ2v) is 5.72. The molecule has 1 aromatic heterocycles. The Kier molecular flexibility index (Phi) is 9.94. The SMILES string of the molecule is CC(C)CN1CCC(CNc2nnc(CN)o2)CC1.Cl.Cl. The highest BCUT2D eigenvalue weighted by atomic mass is 35.5. The first-order valence-electron chi connectivity index (χ1n) is 7.16. The number of hydrogen-bond acceptors (Lipinski definition) is 6. The lowest BCUT2D eigenvalue weighted by Crippen LogP contribution is -2.37. The lowest BCUT2D eigenvalue weighted by atomic mass is 9.96. The number of aromatic nitrogens is 2. The molecule has 21 heavy (non-hydrogen) atoms. The second-order valence-electron chi connectivity index (χ2n) is 5.72. The van der Waals surface area contributed by atoms with Crippen molar-refractivity contribution < 1.29 is 4.42 Å². The van der Waals surface area contributed by atoms with E-state index in [0.29, 0.717) is 24.4 Å². The average Bonchev–Trinajstić information content (AvgIpc) is 2.85. The van der Waals surface area contributed by atoms with Gasteiger partial charge in [-0.15, -0.1) is 29.9 Å². The van der Waals surface area contributed by atoms with Gasteiger partial charge in [-0.3, -0.25) is 0 Å². The lowest BCUT2D eigenvalue weighted by molar-refractivity contribution is 0.172. The summed E-state index contributed by atoms with van der Waals surface area (Å²) < 4.78 is 5.33. The molecule has 0 amide bonds. The Morgan fingerprint density at radius 2 is 1.95 bits per heavy atom. The third-order valence-corrected chi connectivity index (χ3v) is 3.51. The Labute approximate surface area is 139 Å². The molecule has 0 spiro atoms. The minimum Gasteiger partial charge on any atom is -0.407 e. The molecule has 8 heteroatoms. The van der Waals surface area contributed by atoms with Crippen molar-refractivity contribution in [2.45, 2.75) is 33.2 Å². The van der Waals surface area contributed by atoms with Gasteiger partial charge >= 0.3 is 6.01 Å². The van der Waals surface area contributed by atoms with Gasteiger partial charge in [0.25, 0.3) is 0 Å². The molecule has 1 saturated heterocycles. The van der Waals surface area contributed by atoms with E-state index in [4.69, 9.17) is 10.2 Å². The Hall–Kier alpha value is -0.560. The quantitative estimate of drug-likeness (QED) is 0.826. The number of hydrogen-bond donors (Lipinski definition) is 2. The van der Waals surface area contributed by atoms with Gasteiger partial charge in [-0.1, -0.05) is 18.9 Å². The van der Waals surface area contributed by atoms with Crippen molar-refractivity contribution in [1.82, 2.24) is 15.1 Å². The number of nitrogens with two attached hydrogens (primary N) is 1. The minimum absolute atomic E-state index is 0. The first-order chi connectivity index (χ1) is 9.17. The fourth-order valence-electron chi connectivity index (χ4n) is 2.53. The molecule has 1 aliphatic heterocycles. The average molecular weight is 340 g/mol. The van der Waals surface area contributed by atoms with Gasteiger partial charge in [-0.2, -0.15) is 0 Å². The molecule has 2 heterocycles. The maximum atomic E-state index is 5.43. The molecule has 3 N–H and O–H groups in total. The molecule has 124 valence electrons. The van der Waals surface area contributed by atoms with E-state index < -0.39 is 0 Å². The van der Waals surface area contributed by atoms with Gasteiger partial charge in [0.2, 0.25) is 5.89 Å². The Morgan fingerprint density at radius 3 is 2.48 bits per heavy atom. The van der Waals surface area contributed by atoms with Crippen molar-refractivity contribution in [2.24, 2.45) is 17.6 Å². The monoisotopic (exact) mass is 339 g/mol. The molecule has 2 rings (SSSR count). The molecule has 1 aliphatic rings. The number of likely N-dealkylation sites (tertiary alicyclic amines) is 1. The molecular weight excluding hydrogens is 313 g/mol. The molecule has 0 saturated carbocycles. The largest absolute Gasteiger partial charge is 0.407 e. The van der Waals surface area contributed by atoms with Crippen LogP contribution >= 0.6 is 24.8 Å². The normalized spacial score (nSPS) is 16.4. The summed E-state index contributed by atoms with van der Waals surface area (Å²) in [6, 6.07) is 0.491. The van der Waals surface area contributed by atoms with Gasteiger partial charge in [0, 0.05) is 13.1 Å². The third-order valence-electron chi connectivity index (χ3n) is 3.51. The highest BCUT2D eigenvalue weighted by molar-refractivity contribution is 5.85. The fourth-order valence-corrected chi connectivity index (χ4v) is 2.53. The van der Waals surface area contributed by atoms with E-state index in [1.807, 2.05) is 0 Å². The number of anilines is 1. The van der Waals surface area contributed by atoms with Crippen LogP contribution in [0.15, 0.2) is 4.42 Å². The zero-order valence-corrected chi connectivity index (χ0v) is 14.4. The van der Waals surface area contributed by atoms with Crippen LogP contribution in [0.3, 0.4) is 0 Å². The van der Waals surface area contributed by atoms with Gasteiger partial charge in [0.1, 0.15) is 0 Å². The zero-order chi connectivity index (χ0) is 13.7. The zero-order valence-electron chi connectivity index (χ0n) is 12.7. The summed E-state index contributed by atoms with van der Waals surface area (Å²) in [5.41, 5.74) is 5.43. The molecule has 1 fully saturated rings. The van der Waals surface area contributed by atoms with Crippen LogP contribution in [-0.2, 0) is 6.54 Å². The Balaban J connectivity index is 0.00000200. The summed E-state index contributed by atoms with van der Waals surface area (Å²) in [7, 11) is 0. The number of nitrogens with zero attached hydrogens (tertiary/aromatic N) is 3. The number of rotatable bonds is 6. The van der Waals surface area contributed by atoms with E-state index >= 15 is 0 Å². The van der Waals surface area contributed by atoms with Gasteiger partial charge < -0.3 is 20.4 Å². The van der Waals surface area contributed by atoms with Crippen molar-refractivity contribution in [3.8, 4) is 0 Å². The predicted octanol–water partition coefficient (Wildman–Crippen LogP) is 2.15. The van der Waals surface area contributed by atoms with Crippen molar-refractivity contribution in [3.05, 3.63) is 5.89 Å². The smallest absolute Gasteiger partial charge is 0.315 e. The molecule has 0 atom stereocenters. The first-order valence-corrected chi connectivity index (χ1v) is 7.16.